The van der Waals surface area contributed by atoms with E-state index in [-0.39, 0.29) is 11.5 Å². The van der Waals surface area contributed by atoms with Crippen LogP contribution in [0.4, 0.5) is 0 Å². The zero-order valence-electron chi connectivity index (χ0n) is 15.0. The third-order valence-corrected chi connectivity index (χ3v) is 5.96. The van der Waals surface area contributed by atoms with Crippen LogP contribution in [0.3, 0.4) is 0 Å². The van der Waals surface area contributed by atoms with Gasteiger partial charge < -0.3 is 10.1 Å². The van der Waals surface area contributed by atoms with E-state index in [2.05, 4.69) is 40.7 Å². The Morgan fingerprint density at radius 1 is 1.19 bits per heavy atom. The molecule has 1 N–H and O–H groups in total. The average molecular weight is 369 g/mol. The normalized spacial score (nSPS) is 23.0. The minimum atomic E-state index is -0.347. The first-order valence-electron chi connectivity index (χ1n) is 9.09. The molecule has 2 aliphatic heterocycles. The number of carbonyl (C=O) groups excluding carboxylic acids is 1. The maximum atomic E-state index is 12.4. The molecule has 1 saturated heterocycles. The van der Waals surface area contributed by atoms with Crippen LogP contribution in [0.25, 0.3) is 0 Å². The Morgan fingerprint density at radius 2 is 2.00 bits per heavy atom. The van der Waals surface area contributed by atoms with Gasteiger partial charge in [-0.2, -0.15) is 0 Å². The molecule has 0 radical (unpaired) electrons. The maximum absolute atomic E-state index is 12.4. The summed E-state index contributed by atoms with van der Waals surface area (Å²) >= 11 is 1.76. The Hall–Kier alpha value is -1.98. The fourth-order valence-corrected chi connectivity index (χ4v) is 4.30. The number of piperidine rings is 1. The van der Waals surface area contributed by atoms with Gasteiger partial charge in [0.25, 0.3) is 5.91 Å². The number of nitrogens with one attached hydrogen (secondary N) is 1. The van der Waals surface area contributed by atoms with Crippen molar-refractivity contribution in [2.45, 2.75) is 29.9 Å². The van der Waals surface area contributed by atoms with Crippen molar-refractivity contribution < 1.29 is 9.53 Å². The standard InChI is InChI=1S/C21H24N2O2S/c1-26-17-9-7-16(8-10-17)13-23-12-4-11-21(15-23)14-22-20(24)18-5-2-3-6-19(18)25-21/h2-3,5-10H,4,11-15H2,1H3,(H,22,24). The molecule has 1 spiro atoms. The van der Waals surface area contributed by atoms with E-state index in [1.54, 1.807) is 11.8 Å². The molecule has 0 aliphatic carbocycles. The van der Waals surface area contributed by atoms with Crippen LogP contribution in [0.5, 0.6) is 5.75 Å². The summed E-state index contributed by atoms with van der Waals surface area (Å²) in [6.07, 6.45) is 4.13. The first-order valence-corrected chi connectivity index (χ1v) is 10.3. The van der Waals surface area contributed by atoms with Gasteiger partial charge in [-0.3, -0.25) is 9.69 Å². The first-order chi connectivity index (χ1) is 12.7. The summed E-state index contributed by atoms with van der Waals surface area (Å²) in [6.45, 7) is 3.36. The van der Waals surface area contributed by atoms with Crippen LogP contribution in [0.15, 0.2) is 53.4 Å². The molecule has 1 fully saturated rings. The summed E-state index contributed by atoms with van der Waals surface area (Å²) in [7, 11) is 0. The number of fused-ring (bicyclic) bond motifs is 1. The van der Waals surface area contributed by atoms with E-state index >= 15 is 0 Å². The van der Waals surface area contributed by atoms with Crippen LogP contribution in [0.1, 0.15) is 28.8 Å². The molecule has 0 bridgehead atoms. The van der Waals surface area contributed by atoms with Crippen LogP contribution < -0.4 is 10.1 Å². The number of hydrogen-bond acceptors (Lipinski definition) is 4. The molecule has 5 heteroatoms. The van der Waals surface area contributed by atoms with E-state index in [1.165, 1.54) is 10.5 Å². The van der Waals surface area contributed by atoms with Gasteiger partial charge >= 0.3 is 0 Å². The lowest BCUT2D eigenvalue weighted by molar-refractivity contribution is -0.00705. The van der Waals surface area contributed by atoms with Crippen LogP contribution >= 0.6 is 11.8 Å². The van der Waals surface area contributed by atoms with Gasteiger partial charge in [0.2, 0.25) is 0 Å². The predicted molar refractivity (Wildman–Crippen MR) is 105 cm³/mol. The number of thioether (sulfide) groups is 1. The Morgan fingerprint density at radius 3 is 2.81 bits per heavy atom. The third kappa shape index (κ3) is 3.60. The van der Waals surface area contributed by atoms with Crippen molar-refractivity contribution in [1.29, 1.82) is 0 Å². The molecule has 136 valence electrons. The van der Waals surface area contributed by atoms with Gasteiger partial charge in [-0.25, -0.2) is 0 Å². The molecule has 1 atom stereocenters. The van der Waals surface area contributed by atoms with Gasteiger partial charge in [-0.15, -0.1) is 11.8 Å². The second-order valence-electron chi connectivity index (χ2n) is 7.13. The Kier molecular flexibility index (Phi) is 4.92. The summed E-state index contributed by atoms with van der Waals surface area (Å²) in [5.41, 5.74) is 1.60. The van der Waals surface area contributed by atoms with Crippen molar-refractivity contribution in [3.8, 4) is 5.75 Å². The molecule has 0 saturated carbocycles. The van der Waals surface area contributed by atoms with Crippen LogP contribution in [-0.4, -0.2) is 42.3 Å². The van der Waals surface area contributed by atoms with Crippen molar-refractivity contribution in [3.05, 3.63) is 59.7 Å². The van der Waals surface area contributed by atoms with Gasteiger partial charge in [0.1, 0.15) is 11.4 Å². The maximum Gasteiger partial charge on any atom is 0.255 e. The number of carbonyl (C=O) groups is 1. The zero-order chi connectivity index (χ0) is 18.0. The molecule has 26 heavy (non-hydrogen) atoms. The van der Waals surface area contributed by atoms with Crippen molar-refractivity contribution >= 4 is 17.7 Å². The number of nitrogens with zero attached hydrogens (tertiary/aromatic N) is 1. The molecule has 1 amide bonds. The zero-order valence-corrected chi connectivity index (χ0v) is 15.8. The molecule has 2 aliphatic rings. The highest BCUT2D eigenvalue weighted by molar-refractivity contribution is 7.98. The number of amides is 1. The molecule has 2 aromatic rings. The molecule has 0 aromatic heterocycles. The second-order valence-corrected chi connectivity index (χ2v) is 8.01. The topological polar surface area (TPSA) is 41.6 Å². The van der Waals surface area contributed by atoms with Crippen molar-refractivity contribution in [2.75, 3.05) is 25.9 Å². The second kappa shape index (κ2) is 7.33. The quantitative estimate of drug-likeness (QED) is 0.841. The molecule has 2 aromatic carbocycles. The third-order valence-electron chi connectivity index (χ3n) is 5.21. The summed E-state index contributed by atoms with van der Waals surface area (Å²) in [6, 6.07) is 16.3. The molecule has 4 rings (SSSR count). The van der Waals surface area contributed by atoms with E-state index in [0.29, 0.717) is 17.9 Å². The Bertz CT molecular complexity index is 793. The number of para-hydroxylation sites is 1. The van der Waals surface area contributed by atoms with Gasteiger partial charge in [0, 0.05) is 18.0 Å². The lowest BCUT2D eigenvalue weighted by atomic mass is 9.92. The minimum Gasteiger partial charge on any atom is -0.483 e. The number of rotatable bonds is 3. The number of benzene rings is 2. The largest absolute Gasteiger partial charge is 0.483 e. The first kappa shape index (κ1) is 17.4. The number of ether oxygens (including phenoxy) is 1. The van der Waals surface area contributed by atoms with Gasteiger partial charge in [0.15, 0.2) is 0 Å². The smallest absolute Gasteiger partial charge is 0.255 e. The fraction of sp³-hybridized carbons (Fsp3) is 0.381. The Labute approximate surface area is 158 Å². The highest BCUT2D eigenvalue weighted by atomic mass is 32.2. The number of hydrogen-bond donors (Lipinski definition) is 1. The van der Waals surface area contributed by atoms with Crippen LogP contribution in [0, 0.1) is 0 Å². The van der Waals surface area contributed by atoms with Crippen LogP contribution in [0.2, 0.25) is 0 Å². The van der Waals surface area contributed by atoms with E-state index in [0.717, 1.165) is 32.5 Å². The molecule has 1 unspecified atom stereocenters. The van der Waals surface area contributed by atoms with E-state index in [4.69, 9.17) is 4.74 Å². The molecule has 2 heterocycles. The van der Waals surface area contributed by atoms with Crippen molar-refractivity contribution in [1.82, 2.24) is 10.2 Å². The summed E-state index contributed by atoms with van der Waals surface area (Å²) < 4.78 is 6.43. The SMILES string of the molecule is CSc1ccc(CN2CCCC3(CNC(=O)c4ccccc4O3)C2)cc1. The summed E-state index contributed by atoms with van der Waals surface area (Å²) in [4.78, 5) is 16.1. The van der Waals surface area contributed by atoms with E-state index in [9.17, 15) is 4.79 Å². The molecular weight excluding hydrogens is 344 g/mol. The Balaban J connectivity index is 1.51. The predicted octanol–water partition coefficient (Wildman–Crippen LogP) is 3.57. The summed E-state index contributed by atoms with van der Waals surface area (Å²) in [5, 5.41) is 3.07. The monoisotopic (exact) mass is 368 g/mol. The van der Waals surface area contributed by atoms with E-state index in [1.807, 2.05) is 24.3 Å². The van der Waals surface area contributed by atoms with Crippen molar-refractivity contribution in [2.24, 2.45) is 0 Å². The highest BCUT2D eigenvalue weighted by Crippen LogP contribution is 2.32. The molecular formula is C21H24N2O2S. The molecule has 4 nitrogen and oxygen atoms in total. The van der Waals surface area contributed by atoms with Gasteiger partial charge in [0.05, 0.1) is 12.1 Å². The van der Waals surface area contributed by atoms with Crippen molar-refractivity contribution in [3.63, 3.8) is 0 Å². The highest BCUT2D eigenvalue weighted by Gasteiger charge is 2.40. The summed E-state index contributed by atoms with van der Waals surface area (Å²) in [5.74, 6) is 0.663. The number of likely N-dealkylation sites (tertiary alicyclic amines) is 1. The lowest BCUT2D eigenvalue weighted by Gasteiger charge is -2.42. The van der Waals surface area contributed by atoms with Gasteiger partial charge in [-0.1, -0.05) is 24.3 Å². The minimum absolute atomic E-state index is 0.0396. The van der Waals surface area contributed by atoms with E-state index < -0.39 is 0 Å². The lowest BCUT2D eigenvalue weighted by Crippen LogP contribution is -2.56. The van der Waals surface area contributed by atoms with Crippen LogP contribution in [-0.2, 0) is 6.54 Å². The van der Waals surface area contributed by atoms with Gasteiger partial charge in [-0.05, 0) is 55.5 Å². The average Bonchev–Trinajstić information content (AvgIpc) is 2.80. The fourth-order valence-electron chi connectivity index (χ4n) is 3.89.